The molecular weight excluding hydrogens is 388 g/mol. The van der Waals surface area contributed by atoms with Crippen LogP contribution in [0.15, 0.2) is 0 Å². The van der Waals surface area contributed by atoms with Gasteiger partial charge in [-0.2, -0.15) is 0 Å². The highest BCUT2D eigenvalue weighted by Gasteiger charge is 2.73. The summed E-state index contributed by atoms with van der Waals surface area (Å²) >= 11 is 0. The number of fused-ring (bicyclic) bond motifs is 2. The molecule has 1 N–H and O–H groups in total. The maximum atomic E-state index is 13.5. The number of esters is 1. The summed E-state index contributed by atoms with van der Waals surface area (Å²) in [6.07, 6.45) is 1.85. The number of aliphatic hydroxyl groups excluding tert-OH is 1. The van der Waals surface area contributed by atoms with Crippen molar-refractivity contribution in [3.8, 4) is 0 Å². The minimum atomic E-state index is -1.10. The topological polar surface area (TPSA) is 91.3 Å². The van der Waals surface area contributed by atoms with Gasteiger partial charge in [-0.3, -0.25) is 9.59 Å². The number of Topliss-reactive ketones (excluding diaryl/α,β-unsaturated/α-hetero) is 1. The van der Waals surface area contributed by atoms with E-state index in [9.17, 15) is 14.7 Å². The first-order chi connectivity index (χ1) is 13.9. The lowest BCUT2D eigenvalue weighted by Crippen LogP contribution is -2.71. The van der Waals surface area contributed by atoms with Crippen molar-refractivity contribution in [2.75, 3.05) is 13.7 Å². The molecule has 0 aromatic rings. The van der Waals surface area contributed by atoms with Gasteiger partial charge in [-0.1, -0.05) is 27.7 Å². The molecule has 170 valence electrons. The molecular formula is C23H36O7. The van der Waals surface area contributed by atoms with Gasteiger partial charge in [0.05, 0.1) is 17.8 Å². The second-order valence-electron chi connectivity index (χ2n) is 10.8. The Bertz CT molecular complexity index is 735. The highest BCUT2D eigenvalue weighted by molar-refractivity contribution is 5.89. The minimum Gasteiger partial charge on any atom is -0.462 e. The lowest BCUT2D eigenvalue weighted by molar-refractivity contribution is -0.266. The van der Waals surface area contributed by atoms with Crippen LogP contribution in [0, 0.1) is 22.7 Å². The van der Waals surface area contributed by atoms with Gasteiger partial charge in [-0.25, -0.2) is 0 Å². The van der Waals surface area contributed by atoms with Gasteiger partial charge in [0.25, 0.3) is 0 Å². The molecule has 2 spiro atoms. The Morgan fingerprint density at radius 3 is 2.50 bits per heavy atom. The van der Waals surface area contributed by atoms with Crippen LogP contribution in [0.1, 0.15) is 66.7 Å². The number of carbonyl (C=O) groups is 2. The third-order valence-electron chi connectivity index (χ3n) is 8.88. The molecule has 7 heteroatoms. The van der Waals surface area contributed by atoms with Gasteiger partial charge >= 0.3 is 5.97 Å². The Kier molecular flexibility index (Phi) is 5.17. The quantitative estimate of drug-likeness (QED) is 0.681. The molecule has 0 radical (unpaired) electrons. The standard InChI is InChI=1S/C23H36O7/c1-13-17(25)18(26)19-20(3,4)15(29-14(2)24)7-8-21(19,5)23(13)10-9-22(30-23)11-16(27-6)28-12-22/h13,15-17,19,25H,7-12H2,1-6H3/t13-,15-,16+,17-,19+,21+,22-,23-/m1/s1. The van der Waals surface area contributed by atoms with Crippen molar-refractivity contribution in [2.45, 2.75) is 96.4 Å². The molecule has 8 atom stereocenters. The number of rotatable bonds is 2. The van der Waals surface area contributed by atoms with Crippen molar-refractivity contribution < 1.29 is 33.6 Å². The van der Waals surface area contributed by atoms with Gasteiger partial charge in [0.15, 0.2) is 12.1 Å². The number of methoxy groups -OCH3 is 1. The molecule has 0 unspecified atom stereocenters. The molecule has 0 aromatic heterocycles. The van der Waals surface area contributed by atoms with Gasteiger partial charge in [-0.05, 0) is 25.7 Å². The first kappa shape index (κ1) is 22.2. The first-order valence-corrected chi connectivity index (χ1v) is 11.2. The lowest BCUT2D eigenvalue weighted by atomic mass is 9.43. The molecule has 2 saturated carbocycles. The van der Waals surface area contributed by atoms with E-state index in [0.717, 1.165) is 12.8 Å². The van der Waals surface area contributed by atoms with Crippen LogP contribution in [0.25, 0.3) is 0 Å². The monoisotopic (exact) mass is 424 g/mol. The average molecular weight is 425 g/mol. The van der Waals surface area contributed by atoms with Crippen LogP contribution in [0.5, 0.6) is 0 Å². The summed E-state index contributed by atoms with van der Waals surface area (Å²) in [4.78, 5) is 25.2. The summed E-state index contributed by atoms with van der Waals surface area (Å²) in [7, 11) is 1.64. The molecule has 2 heterocycles. The maximum Gasteiger partial charge on any atom is 0.302 e. The Hall–Kier alpha value is -1.02. The van der Waals surface area contributed by atoms with E-state index in [4.69, 9.17) is 18.9 Å². The van der Waals surface area contributed by atoms with Crippen molar-refractivity contribution in [3.63, 3.8) is 0 Å². The zero-order chi connectivity index (χ0) is 22.1. The Labute approximate surface area is 178 Å². The van der Waals surface area contributed by atoms with Crippen LogP contribution in [0.2, 0.25) is 0 Å². The van der Waals surface area contributed by atoms with Crippen LogP contribution in [0.3, 0.4) is 0 Å². The molecule has 2 aliphatic heterocycles. The van der Waals surface area contributed by atoms with E-state index in [-0.39, 0.29) is 30.1 Å². The normalized spacial score (nSPS) is 50.1. The van der Waals surface area contributed by atoms with Crippen molar-refractivity contribution in [1.82, 2.24) is 0 Å². The number of hydrogen-bond donors (Lipinski definition) is 1. The summed E-state index contributed by atoms with van der Waals surface area (Å²) < 4.78 is 23.8. The smallest absolute Gasteiger partial charge is 0.302 e. The fraction of sp³-hybridized carbons (Fsp3) is 0.913. The van der Waals surface area contributed by atoms with Gasteiger partial charge in [0.1, 0.15) is 12.2 Å². The van der Waals surface area contributed by atoms with Crippen molar-refractivity contribution in [2.24, 2.45) is 22.7 Å². The molecule has 2 saturated heterocycles. The van der Waals surface area contributed by atoms with Gasteiger partial charge in [0, 0.05) is 43.1 Å². The minimum absolute atomic E-state index is 0.153. The third-order valence-corrected chi connectivity index (χ3v) is 8.88. The number of aliphatic hydroxyl groups is 1. The summed E-state index contributed by atoms with van der Waals surface area (Å²) in [5.41, 5.74) is -2.17. The zero-order valence-electron chi connectivity index (χ0n) is 19.0. The van der Waals surface area contributed by atoms with E-state index in [2.05, 4.69) is 6.92 Å². The van der Waals surface area contributed by atoms with Crippen LogP contribution in [-0.2, 0) is 28.5 Å². The molecule has 30 heavy (non-hydrogen) atoms. The van der Waals surface area contributed by atoms with Crippen LogP contribution < -0.4 is 0 Å². The van der Waals surface area contributed by atoms with Gasteiger partial charge < -0.3 is 24.1 Å². The predicted molar refractivity (Wildman–Crippen MR) is 107 cm³/mol. The summed E-state index contributed by atoms with van der Waals surface area (Å²) in [6, 6.07) is 0. The second-order valence-corrected chi connectivity index (χ2v) is 10.8. The molecule has 0 amide bonds. The zero-order valence-corrected chi connectivity index (χ0v) is 19.0. The summed E-state index contributed by atoms with van der Waals surface area (Å²) in [6.45, 7) is 9.93. The fourth-order valence-corrected chi connectivity index (χ4v) is 7.38. The fourth-order valence-electron chi connectivity index (χ4n) is 7.38. The largest absolute Gasteiger partial charge is 0.462 e. The van der Waals surface area contributed by atoms with Crippen molar-refractivity contribution in [1.29, 1.82) is 0 Å². The SMILES string of the molecule is CO[C@@H]1C[C@]2(CC[C@@]3(O2)[C@H](C)[C@@H](O)C(=O)[C@H]2C(C)(C)[C@H](OC(C)=O)CC[C@@]23C)CO1. The number of carbonyl (C=O) groups excluding carboxylic acids is 2. The van der Waals surface area contributed by atoms with Crippen LogP contribution in [0.4, 0.5) is 0 Å². The van der Waals surface area contributed by atoms with E-state index >= 15 is 0 Å². The number of ether oxygens (including phenoxy) is 4. The van der Waals surface area contributed by atoms with E-state index < -0.39 is 34.1 Å². The average Bonchev–Trinajstić information content (AvgIpc) is 3.26. The van der Waals surface area contributed by atoms with E-state index in [0.29, 0.717) is 25.9 Å². The number of hydrogen-bond acceptors (Lipinski definition) is 7. The summed E-state index contributed by atoms with van der Waals surface area (Å²) in [5, 5.41) is 11.1. The highest BCUT2D eigenvalue weighted by atomic mass is 16.7. The molecule has 7 nitrogen and oxygen atoms in total. The second kappa shape index (κ2) is 6.99. The third kappa shape index (κ3) is 2.85. The predicted octanol–water partition coefficient (Wildman–Crippen LogP) is 2.62. The lowest BCUT2D eigenvalue weighted by Gasteiger charge is -2.64. The van der Waals surface area contributed by atoms with Gasteiger partial charge in [-0.15, -0.1) is 0 Å². The molecule has 4 rings (SSSR count). The molecule has 4 fully saturated rings. The van der Waals surface area contributed by atoms with Crippen molar-refractivity contribution in [3.05, 3.63) is 0 Å². The molecule has 4 aliphatic rings. The molecule has 2 aliphatic carbocycles. The van der Waals surface area contributed by atoms with Gasteiger partial charge in [0.2, 0.25) is 0 Å². The first-order valence-electron chi connectivity index (χ1n) is 11.2. The van der Waals surface area contributed by atoms with E-state index in [1.54, 1.807) is 7.11 Å². The molecule has 0 aromatic carbocycles. The Balaban J connectivity index is 1.74. The van der Waals surface area contributed by atoms with Crippen LogP contribution in [-0.4, -0.2) is 60.3 Å². The Morgan fingerprint density at radius 2 is 1.90 bits per heavy atom. The molecule has 0 bridgehead atoms. The highest BCUT2D eigenvalue weighted by Crippen LogP contribution is 2.67. The summed E-state index contributed by atoms with van der Waals surface area (Å²) in [5.74, 6) is -1.29. The Morgan fingerprint density at radius 1 is 1.20 bits per heavy atom. The van der Waals surface area contributed by atoms with Crippen molar-refractivity contribution >= 4 is 11.8 Å². The van der Waals surface area contributed by atoms with E-state index in [1.165, 1.54) is 6.92 Å². The van der Waals surface area contributed by atoms with E-state index in [1.807, 2.05) is 20.8 Å². The maximum absolute atomic E-state index is 13.5. The number of ketones is 1. The van der Waals surface area contributed by atoms with Crippen LogP contribution >= 0.6 is 0 Å².